The van der Waals surface area contributed by atoms with E-state index in [1.165, 1.54) is 16.8 Å². The van der Waals surface area contributed by atoms with Gasteiger partial charge in [0.15, 0.2) is 0 Å². The lowest BCUT2D eigenvalue weighted by Gasteiger charge is -2.39. The zero-order valence-electron chi connectivity index (χ0n) is 22.8. The summed E-state index contributed by atoms with van der Waals surface area (Å²) in [4.78, 5) is 25.4. The number of nitrogens with zero attached hydrogens (tertiary/aromatic N) is 5. The number of para-hydroxylation sites is 2. The van der Waals surface area contributed by atoms with E-state index in [4.69, 9.17) is 4.98 Å². The summed E-state index contributed by atoms with van der Waals surface area (Å²) in [5.74, 6) is 1.52. The Morgan fingerprint density at radius 3 is 2.36 bits per heavy atom. The minimum absolute atomic E-state index is 0.124. The van der Waals surface area contributed by atoms with E-state index in [1.54, 1.807) is 0 Å². The van der Waals surface area contributed by atoms with Crippen molar-refractivity contribution in [2.24, 2.45) is 5.92 Å². The summed E-state index contributed by atoms with van der Waals surface area (Å²) in [6, 6.07) is 23.4. The number of hydrogen-bond donors (Lipinski definition) is 0. The number of hydrogen-bond acceptors (Lipinski definition) is 4. The minimum atomic E-state index is 0.124. The topological polar surface area (TPSA) is 44.6 Å². The fourth-order valence-corrected chi connectivity index (χ4v) is 6.35. The Kier molecular flexibility index (Phi) is 7.45. The molecule has 6 nitrogen and oxygen atoms in total. The van der Waals surface area contributed by atoms with Crippen LogP contribution in [0.5, 0.6) is 0 Å². The zero-order chi connectivity index (χ0) is 26.9. The molecule has 39 heavy (non-hydrogen) atoms. The van der Waals surface area contributed by atoms with Crippen molar-refractivity contribution in [3.05, 3.63) is 88.2 Å². The lowest BCUT2D eigenvalue weighted by molar-refractivity contribution is -0.137. The smallest absolute Gasteiger partial charge is 0.225 e. The number of halogens is 1. The Balaban J connectivity index is 1.08. The predicted molar refractivity (Wildman–Crippen MR) is 161 cm³/mol. The van der Waals surface area contributed by atoms with Crippen molar-refractivity contribution >= 4 is 38.6 Å². The maximum Gasteiger partial charge on any atom is 0.225 e. The van der Waals surface area contributed by atoms with E-state index in [1.807, 2.05) is 6.07 Å². The van der Waals surface area contributed by atoms with Crippen LogP contribution < -0.4 is 4.90 Å². The standard InChI is InChI=1S/C32H36BrN5O/c1-23-7-8-24(2)30(21-23)36-17-19-37(20-18-36)32(39)25-13-15-35(16-14-25)22-31-34-28-5-3-4-6-29(28)38(31)27-11-9-26(33)10-12-27/h3-12,21,25H,13-20,22H2,1-2H3. The first kappa shape index (κ1) is 26.1. The molecule has 2 aliphatic rings. The average molecular weight is 587 g/mol. The quantitative estimate of drug-likeness (QED) is 0.289. The molecule has 202 valence electrons. The van der Waals surface area contributed by atoms with Crippen LogP contribution in [0.3, 0.4) is 0 Å². The van der Waals surface area contributed by atoms with Crippen molar-refractivity contribution in [1.29, 1.82) is 0 Å². The van der Waals surface area contributed by atoms with E-state index in [0.717, 1.165) is 85.7 Å². The number of fused-ring (bicyclic) bond motifs is 1. The molecule has 1 amide bonds. The highest BCUT2D eigenvalue weighted by Crippen LogP contribution is 2.28. The van der Waals surface area contributed by atoms with Crippen LogP contribution in [0, 0.1) is 19.8 Å². The molecule has 0 N–H and O–H groups in total. The van der Waals surface area contributed by atoms with E-state index in [-0.39, 0.29) is 5.92 Å². The van der Waals surface area contributed by atoms with E-state index < -0.39 is 0 Å². The number of imidazole rings is 1. The molecule has 6 rings (SSSR count). The van der Waals surface area contributed by atoms with Gasteiger partial charge < -0.3 is 9.80 Å². The summed E-state index contributed by atoms with van der Waals surface area (Å²) < 4.78 is 3.34. The highest BCUT2D eigenvalue weighted by Gasteiger charge is 2.31. The number of anilines is 1. The van der Waals surface area contributed by atoms with Gasteiger partial charge >= 0.3 is 0 Å². The molecular weight excluding hydrogens is 550 g/mol. The normalized spacial score (nSPS) is 17.2. The van der Waals surface area contributed by atoms with E-state index in [2.05, 4.69) is 110 Å². The Morgan fingerprint density at radius 2 is 1.62 bits per heavy atom. The van der Waals surface area contributed by atoms with Crippen LogP contribution in [0.4, 0.5) is 5.69 Å². The van der Waals surface area contributed by atoms with Gasteiger partial charge in [0.25, 0.3) is 0 Å². The Bertz CT molecular complexity index is 1460. The summed E-state index contributed by atoms with van der Waals surface area (Å²) in [5, 5.41) is 0. The number of benzene rings is 3. The maximum atomic E-state index is 13.4. The summed E-state index contributed by atoms with van der Waals surface area (Å²) in [6.45, 7) is 10.4. The molecule has 0 aliphatic carbocycles. The van der Waals surface area contributed by atoms with E-state index >= 15 is 0 Å². The third-order valence-corrected chi connectivity index (χ3v) is 8.84. The predicted octanol–water partition coefficient (Wildman–Crippen LogP) is 5.97. The number of aryl methyl sites for hydroxylation is 2. The largest absolute Gasteiger partial charge is 0.368 e. The van der Waals surface area contributed by atoms with Crippen LogP contribution >= 0.6 is 15.9 Å². The molecule has 2 aliphatic heterocycles. The number of aromatic nitrogens is 2. The monoisotopic (exact) mass is 585 g/mol. The number of piperidine rings is 1. The van der Waals surface area contributed by atoms with Crippen molar-refractivity contribution < 1.29 is 4.79 Å². The molecule has 7 heteroatoms. The molecule has 3 heterocycles. The van der Waals surface area contributed by atoms with Gasteiger partial charge in [-0.05, 0) is 93.4 Å². The second-order valence-corrected chi connectivity index (χ2v) is 11.9. The van der Waals surface area contributed by atoms with Gasteiger partial charge in [-0.15, -0.1) is 0 Å². The first-order valence-corrected chi connectivity index (χ1v) is 14.8. The first-order valence-electron chi connectivity index (χ1n) is 14.0. The minimum Gasteiger partial charge on any atom is -0.368 e. The second kappa shape index (κ2) is 11.1. The first-order chi connectivity index (χ1) is 19.0. The van der Waals surface area contributed by atoms with Gasteiger partial charge in [0, 0.05) is 47.9 Å². The Hall–Kier alpha value is -3.16. The van der Waals surface area contributed by atoms with Gasteiger partial charge in [0.1, 0.15) is 5.82 Å². The van der Waals surface area contributed by atoms with Crippen LogP contribution in [0.15, 0.2) is 71.2 Å². The van der Waals surface area contributed by atoms with Crippen LogP contribution in [-0.2, 0) is 11.3 Å². The number of carbonyl (C=O) groups excluding carboxylic acids is 1. The van der Waals surface area contributed by atoms with Gasteiger partial charge in [0.2, 0.25) is 5.91 Å². The van der Waals surface area contributed by atoms with Gasteiger partial charge in [-0.2, -0.15) is 0 Å². The zero-order valence-corrected chi connectivity index (χ0v) is 24.4. The van der Waals surface area contributed by atoms with Gasteiger partial charge in [0.05, 0.1) is 17.6 Å². The fourth-order valence-electron chi connectivity index (χ4n) is 6.08. The Morgan fingerprint density at radius 1 is 0.897 bits per heavy atom. The molecule has 1 aromatic heterocycles. The molecule has 0 atom stereocenters. The molecule has 0 bridgehead atoms. The lowest BCUT2D eigenvalue weighted by atomic mass is 9.95. The van der Waals surface area contributed by atoms with Crippen LogP contribution in [0.2, 0.25) is 0 Å². The number of piperazine rings is 1. The SMILES string of the molecule is Cc1ccc(C)c(N2CCN(C(=O)C3CCN(Cc4nc5ccccc5n4-c4ccc(Br)cc4)CC3)CC2)c1. The van der Waals surface area contributed by atoms with Gasteiger partial charge in [-0.3, -0.25) is 14.3 Å². The maximum absolute atomic E-state index is 13.4. The molecule has 3 aromatic carbocycles. The fraction of sp³-hybridized carbons (Fsp3) is 0.375. The second-order valence-electron chi connectivity index (χ2n) is 11.0. The molecule has 0 unspecified atom stereocenters. The third kappa shape index (κ3) is 5.48. The highest BCUT2D eigenvalue weighted by atomic mass is 79.9. The molecular formula is C32H36BrN5O. The molecule has 2 fully saturated rings. The van der Waals surface area contributed by atoms with Crippen molar-refractivity contribution in [3.8, 4) is 5.69 Å². The summed E-state index contributed by atoms with van der Waals surface area (Å²) in [7, 11) is 0. The van der Waals surface area contributed by atoms with Crippen LogP contribution in [0.25, 0.3) is 16.7 Å². The molecule has 0 spiro atoms. The average Bonchev–Trinajstić information content (AvgIpc) is 3.32. The van der Waals surface area contributed by atoms with E-state index in [0.29, 0.717) is 5.91 Å². The molecule has 0 saturated carbocycles. The molecule has 2 saturated heterocycles. The number of carbonyl (C=O) groups is 1. The molecule has 4 aromatic rings. The summed E-state index contributed by atoms with van der Waals surface area (Å²) >= 11 is 3.55. The van der Waals surface area contributed by atoms with Gasteiger partial charge in [-0.25, -0.2) is 4.98 Å². The number of likely N-dealkylation sites (tertiary alicyclic amines) is 1. The van der Waals surface area contributed by atoms with E-state index in [9.17, 15) is 4.79 Å². The van der Waals surface area contributed by atoms with Gasteiger partial charge in [-0.1, -0.05) is 40.2 Å². The van der Waals surface area contributed by atoms with Crippen molar-refractivity contribution in [3.63, 3.8) is 0 Å². The van der Waals surface area contributed by atoms with Crippen molar-refractivity contribution in [1.82, 2.24) is 19.4 Å². The lowest BCUT2D eigenvalue weighted by Crippen LogP contribution is -2.51. The van der Waals surface area contributed by atoms with Crippen molar-refractivity contribution in [2.75, 3.05) is 44.2 Å². The third-order valence-electron chi connectivity index (χ3n) is 8.31. The van der Waals surface area contributed by atoms with Crippen LogP contribution in [-0.4, -0.2) is 64.5 Å². The van der Waals surface area contributed by atoms with Crippen molar-refractivity contribution in [2.45, 2.75) is 33.2 Å². The number of amides is 1. The molecule has 0 radical (unpaired) electrons. The summed E-state index contributed by atoms with van der Waals surface area (Å²) in [6.07, 6.45) is 1.82. The Labute approximate surface area is 239 Å². The number of rotatable bonds is 5. The summed E-state index contributed by atoms with van der Waals surface area (Å²) in [5.41, 5.74) is 7.16. The van der Waals surface area contributed by atoms with Crippen LogP contribution in [0.1, 0.15) is 29.8 Å². The highest BCUT2D eigenvalue weighted by molar-refractivity contribution is 9.10.